The van der Waals surface area contributed by atoms with Crippen LogP contribution in [0.1, 0.15) is 47.2 Å². The summed E-state index contributed by atoms with van der Waals surface area (Å²) in [5, 5.41) is 7.84. The van der Waals surface area contributed by atoms with Crippen LogP contribution in [-0.2, 0) is 19.4 Å². The van der Waals surface area contributed by atoms with E-state index < -0.39 is 23.7 Å². The third-order valence-electron chi connectivity index (χ3n) is 6.90. The van der Waals surface area contributed by atoms with Gasteiger partial charge in [0, 0.05) is 23.5 Å². The topological polar surface area (TPSA) is 84.3 Å². The van der Waals surface area contributed by atoms with Crippen molar-refractivity contribution in [3.63, 3.8) is 0 Å². The predicted octanol–water partition coefficient (Wildman–Crippen LogP) is 4.99. The Morgan fingerprint density at radius 3 is 2.53 bits per heavy atom. The molecule has 4 aromatic rings. The zero-order chi connectivity index (χ0) is 26.4. The number of benzene rings is 2. The minimum atomic E-state index is -0.711. The number of fused-ring (bicyclic) bond motifs is 4. The molecule has 0 aliphatic carbocycles. The van der Waals surface area contributed by atoms with E-state index in [9.17, 15) is 18.8 Å². The number of carbonyl (C=O) groups excluding carboxylic acids is 3. The van der Waals surface area contributed by atoms with Gasteiger partial charge in [-0.25, -0.2) is 4.39 Å². The van der Waals surface area contributed by atoms with Crippen LogP contribution in [0, 0.1) is 5.82 Å². The van der Waals surface area contributed by atoms with Gasteiger partial charge in [-0.3, -0.25) is 24.0 Å². The average molecular weight is 549 g/mol. The third-order valence-corrected chi connectivity index (χ3v) is 8.37. The number of aryl methyl sites for hydroxylation is 2. The number of nitrogens with zero attached hydrogens (tertiary/aromatic N) is 3. The van der Waals surface area contributed by atoms with Crippen molar-refractivity contribution in [1.29, 1.82) is 0 Å². The number of amides is 3. The van der Waals surface area contributed by atoms with Gasteiger partial charge in [0.15, 0.2) is 0 Å². The van der Waals surface area contributed by atoms with Crippen LogP contribution in [0.25, 0.3) is 11.3 Å². The molecule has 38 heavy (non-hydrogen) atoms. The summed E-state index contributed by atoms with van der Waals surface area (Å²) >= 11 is 7.80. The van der Waals surface area contributed by atoms with Gasteiger partial charge in [-0.1, -0.05) is 41.9 Å². The highest BCUT2D eigenvalue weighted by atomic mass is 35.5. The van der Waals surface area contributed by atoms with Crippen molar-refractivity contribution < 1.29 is 18.8 Å². The van der Waals surface area contributed by atoms with Crippen LogP contribution in [0.15, 0.2) is 60.8 Å². The van der Waals surface area contributed by atoms with Crippen molar-refractivity contribution >= 4 is 40.7 Å². The highest BCUT2D eigenvalue weighted by Gasteiger charge is 2.37. The van der Waals surface area contributed by atoms with Gasteiger partial charge in [0.05, 0.1) is 39.0 Å². The van der Waals surface area contributed by atoms with Gasteiger partial charge in [0.2, 0.25) is 0 Å². The van der Waals surface area contributed by atoms with Crippen LogP contribution in [0.4, 0.5) is 4.39 Å². The molecule has 2 aromatic carbocycles. The number of carbonyl (C=O) groups is 3. The van der Waals surface area contributed by atoms with Crippen LogP contribution in [0.5, 0.6) is 0 Å². The molecule has 0 saturated carbocycles. The Morgan fingerprint density at radius 1 is 1.08 bits per heavy atom. The summed E-state index contributed by atoms with van der Waals surface area (Å²) in [6.07, 6.45) is 3.38. The van der Waals surface area contributed by atoms with E-state index in [1.807, 2.05) is 10.7 Å². The van der Waals surface area contributed by atoms with E-state index in [4.69, 9.17) is 11.6 Å². The largest absolute Gasteiger partial charge is 0.346 e. The van der Waals surface area contributed by atoms with Gasteiger partial charge in [-0.15, -0.1) is 11.3 Å². The maximum atomic E-state index is 14.6. The molecule has 0 bridgehead atoms. The second kappa shape index (κ2) is 9.81. The molecule has 192 valence electrons. The molecule has 6 rings (SSSR count). The van der Waals surface area contributed by atoms with Gasteiger partial charge in [0.25, 0.3) is 17.7 Å². The third kappa shape index (κ3) is 4.31. The average Bonchev–Trinajstić information content (AvgIpc) is 3.52. The minimum Gasteiger partial charge on any atom is -0.346 e. The highest BCUT2D eigenvalue weighted by molar-refractivity contribution is 7.14. The number of imide groups is 1. The lowest BCUT2D eigenvalue weighted by Gasteiger charge is -2.24. The quantitative estimate of drug-likeness (QED) is 0.344. The van der Waals surface area contributed by atoms with Gasteiger partial charge in [0.1, 0.15) is 5.82 Å². The molecule has 4 heterocycles. The first-order chi connectivity index (χ1) is 18.4. The molecular weight excluding hydrogens is 527 g/mol. The van der Waals surface area contributed by atoms with E-state index in [0.717, 1.165) is 40.4 Å². The Kier molecular flexibility index (Phi) is 6.33. The number of halogens is 2. The van der Waals surface area contributed by atoms with Crippen molar-refractivity contribution in [1.82, 2.24) is 20.0 Å². The van der Waals surface area contributed by atoms with Crippen LogP contribution in [-0.4, -0.2) is 45.0 Å². The maximum absolute atomic E-state index is 14.6. The molecular formula is C28H22ClFN4O3S. The molecule has 2 aromatic heterocycles. The molecule has 1 N–H and O–H groups in total. The fourth-order valence-corrected chi connectivity index (χ4v) is 6.44. The van der Waals surface area contributed by atoms with Crippen LogP contribution in [0.3, 0.4) is 0 Å². The van der Waals surface area contributed by atoms with E-state index in [1.165, 1.54) is 17.4 Å². The summed E-state index contributed by atoms with van der Waals surface area (Å²) in [4.78, 5) is 42.1. The Morgan fingerprint density at radius 2 is 1.79 bits per heavy atom. The molecule has 10 heteroatoms. The lowest BCUT2D eigenvalue weighted by molar-refractivity contribution is 0.0629. The maximum Gasteiger partial charge on any atom is 0.261 e. The lowest BCUT2D eigenvalue weighted by Crippen LogP contribution is -2.46. The second-order valence-corrected chi connectivity index (χ2v) is 10.9. The number of hydrogen-bond donors (Lipinski definition) is 1. The smallest absolute Gasteiger partial charge is 0.261 e. The number of hydrogen-bond acceptors (Lipinski definition) is 5. The summed E-state index contributed by atoms with van der Waals surface area (Å²) in [6.45, 7) is 0.659. The van der Waals surface area contributed by atoms with Crippen molar-refractivity contribution in [2.45, 2.75) is 31.8 Å². The summed E-state index contributed by atoms with van der Waals surface area (Å²) < 4.78 is 16.4. The summed E-state index contributed by atoms with van der Waals surface area (Å²) in [6, 6.07) is 14.0. The molecule has 0 spiro atoms. The monoisotopic (exact) mass is 548 g/mol. The highest BCUT2D eigenvalue weighted by Crippen LogP contribution is 2.38. The standard InChI is InChI=1S/C28H22ClFN4O3S/c29-21-14-31-34-11-5-10-23-20(25(21)34)13-24(38-23)26(35)32-17(12-16-6-1-4-9-22(16)30)15-33-27(36)18-7-2-3-8-19(18)28(33)37/h1-4,6-9,13-14,17H,5,10-12,15H2,(H,32,35)/t17-/m0/s1. The number of nitrogens with one attached hydrogen (secondary N) is 1. The molecule has 0 unspecified atom stereocenters. The SMILES string of the molecule is O=C(N[C@@H](Cc1ccccc1F)CN1C(=O)c2ccccc2C1=O)c1cc2c(s1)CCCn1ncc(Cl)c1-2. The number of aromatic nitrogens is 2. The van der Waals surface area contributed by atoms with Crippen LogP contribution in [0.2, 0.25) is 5.02 Å². The molecule has 2 aliphatic rings. The fraction of sp³-hybridized carbons (Fsp3) is 0.214. The molecule has 3 amide bonds. The Labute approximate surface area is 226 Å². The Balaban J connectivity index is 1.29. The molecule has 2 aliphatic heterocycles. The zero-order valence-electron chi connectivity index (χ0n) is 20.1. The first-order valence-electron chi connectivity index (χ1n) is 12.2. The Bertz CT molecular complexity index is 1560. The van der Waals surface area contributed by atoms with E-state index in [-0.39, 0.29) is 18.9 Å². The lowest BCUT2D eigenvalue weighted by atomic mass is 10.0. The van der Waals surface area contributed by atoms with Crippen LogP contribution >= 0.6 is 22.9 Å². The van der Waals surface area contributed by atoms with Crippen molar-refractivity contribution in [3.8, 4) is 11.3 Å². The molecule has 0 radical (unpaired) electrons. The van der Waals surface area contributed by atoms with Gasteiger partial charge < -0.3 is 5.32 Å². The minimum absolute atomic E-state index is 0.0872. The van der Waals surface area contributed by atoms with E-state index >= 15 is 0 Å². The van der Waals surface area contributed by atoms with E-state index in [0.29, 0.717) is 26.6 Å². The Hall–Kier alpha value is -3.82. The molecule has 7 nitrogen and oxygen atoms in total. The van der Waals surface area contributed by atoms with E-state index in [1.54, 1.807) is 48.7 Å². The van der Waals surface area contributed by atoms with Crippen molar-refractivity contribution in [2.24, 2.45) is 0 Å². The summed E-state index contributed by atoms with van der Waals surface area (Å²) in [7, 11) is 0. The summed E-state index contributed by atoms with van der Waals surface area (Å²) in [5.41, 5.74) is 2.70. The predicted molar refractivity (Wildman–Crippen MR) is 142 cm³/mol. The van der Waals surface area contributed by atoms with E-state index in [2.05, 4.69) is 10.4 Å². The van der Waals surface area contributed by atoms with Gasteiger partial charge in [-0.05, 0) is 49.1 Å². The fourth-order valence-electron chi connectivity index (χ4n) is 5.09. The normalized spacial score (nSPS) is 15.1. The van der Waals surface area contributed by atoms with Crippen LogP contribution < -0.4 is 5.32 Å². The van der Waals surface area contributed by atoms with Crippen molar-refractivity contribution in [2.75, 3.05) is 6.54 Å². The van der Waals surface area contributed by atoms with Crippen molar-refractivity contribution in [3.05, 3.63) is 98.1 Å². The molecule has 0 fully saturated rings. The number of rotatable bonds is 6. The number of thiophene rings is 1. The molecule has 1 atom stereocenters. The summed E-state index contributed by atoms with van der Waals surface area (Å²) in [5.74, 6) is -1.63. The molecule has 0 saturated heterocycles. The second-order valence-electron chi connectivity index (χ2n) is 9.35. The van der Waals surface area contributed by atoms with Gasteiger partial charge in [-0.2, -0.15) is 5.10 Å². The first kappa shape index (κ1) is 24.5. The first-order valence-corrected chi connectivity index (χ1v) is 13.4. The zero-order valence-corrected chi connectivity index (χ0v) is 21.7. The van der Waals surface area contributed by atoms with Gasteiger partial charge >= 0.3 is 0 Å².